The average Bonchev–Trinajstić information content (AvgIpc) is 3.03. The minimum absolute atomic E-state index is 0.0109. The molecule has 1 unspecified atom stereocenters. The van der Waals surface area contributed by atoms with Gasteiger partial charge in [0.2, 0.25) is 0 Å². The SMILES string of the molecule is CSc1ccc(C(CC2CCCC2)C(=O)CNC(N)=O)cc1. The molecular formula is C17H24N2O2S. The van der Waals surface area contributed by atoms with Gasteiger partial charge in [0.05, 0.1) is 6.54 Å². The second kappa shape index (κ2) is 8.22. The van der Waals surface area contributed by atoms with E-state index in [0.717, 1.165) is 12.0 Å². The van der Waals surface area contributed by atoms with E-state index in [1.807, 2.05) is 18.4 Å². The summed E-state index contributed by atoms with van der Waals surface area (Å²) in [6, 6.07) is 7.53. The van der Waals surface area contributed by atoms with Crippen molar-refractivity contribution in [2.24, 2.45) is 11.7 Å². The largest absolute Gasteiger partial charge is 0.352 e. The molecule has 1 fully saturated rings. The molecule has 2 amide bonds. The fourth-order valence-electron chi connectivity index (χ4n) is 3.17. The highest BCUT2D eigenvalue weighted by Crippen LogP contribution is 2.35. The van der Waals surface area contributed by atoms with Crippen molar-refractivity contribution in [3.63, 3.8) is 0 Å². The van der Waals surface area contributed by atoms with Crippen molar-refractivity contribution in [1.29, 1.82) is 0 Å². The van der Waals surface area contributed by atoms with Crippen molar-refractivity contribution in [2.45, 2.75) is 42.9 Å². The van der Waals surface area contributed by atoms with Gasteiger partial charge >= 0.3 is 6.03 Å². The maximum atomic E-state index is 12.5. The molecule has 0 saturated heterocycles. The summed E-state index contributed by atoms with van der Waals surface area (Å²) >= 11 is 1.69. The summed E-state index contributed by atoms with van der Waals surface area (Å²) in [6.45, 7) is 0.0109. The Morgan fingerprint density at radius 3 is 2.45 bits per heavy atom. The number of urea groups is 1. The molecule has 5 heteroatoms. The lowest BCUT2D eigenvalue weighted by atomic mass is 9.85. The van der Waals surface area contributed by atoms with Crippen LogP contribution in [-0.2, 0) is 4.79 Å². The molecule has 0 radical (unpaired) electrons. The van der Waals surface area contributed by atoms with Gasteiger partial charge in [0.25, 0.3) is 0 Å². The number of ketones is 1. The van der Waals surface area contributed by atoms with E-state index in [1.165, 1.54) is 30.6 Å². The van der Waals surface area contributed by atoms with Crippen LogP contribution in [-0.4, -0.2) is 24.6 Å². The number of carbonyl (C=O) groups is 2. The molecule has 1 saturated carbocycles. The molecule has 2 rings (SSSR count). The van der Waals surface area contributed by atoms with Crippen molar-refractivity contribution < 1.29 is 9.59 Å². The van der Waals surface area contributed by atoms with Crippen LogP contribution in [0, 0.1) is 5.92 Å². The van der Waals surface area contributed by atoms with E-state index in [-0.39, 0.29) is 18.2 Å². The number of carbonyl (C=O) groups excluding carboxylic acids is 2. The standard InChI is InChI=1S/C17H24N2O2S/c1-22-14-8-6-13(7-9-14)15(10-12-4-2-3-5-12)16(20)11-19-17(18)21/h6-9,12,15H,2-5,10-11H2,1H3,(H3,18,19,21). The first-order chi connectivity index (χ1) is 10.6. The lowest BCUT2D eigenvalue weighted by Gasteiger charge is -2.20. The molecule has 0 aromatic heterocycles. The summed E-state index contributed by atoms with van der Waals surface area (Å²) in [5, 5.41) is 2.43. The molecule has 3 N–H and O–H groups in total. The van der Waals surface area contributed by atoms with Gasteiger partial charge in [0.15, 0.2) is 5.78 Å². The van der Waals surface area contributed by atoms with Crippen molar-refractivity contribution in [1.82, 2.24) is 5.32 Å². The Bertz CT molecular complexity index is 510. The molecule has 0 heterocycles. The Kier molecular flexibility index (Phi) is 6.31. The maximum Gasteiger partial charge on any atom is 0.312 e. The van der Waals surface area contributed by atoms with Crippen LogP contribution >= 0.6 is 11.8 Å². The number of amides is 2. The molecule has 1 aromatic carbocycles. The van der Waals surface area contributed by atoms with Crippen molar-refractivity contribution in [2.75, 3.05) is 12.8 Å². The molecule has 0 spiro atoms. The third-order valence-electron chi connectivity index (χ3n) is 4.39. The summed E-state index contributed by atoms with van der Waals surface area (Å²) in [4.78, 5) is 24.5. The number of hydrogen-bond donors (Lipinski definition) is 2. The van der Waals surface area contributed by atoms with Crippen LogP contribution in [0.2, 0.25) is 0 Å². The van der Waals surface area contributed by atoms with Gasteiger partial charge in [-0.1, -0.05) is 37.8 Å². The van der Waals surface area contributed by atoms with E-state index >= 15 is 0 Å². The Morgan fingerprint density at radius 1 is 1.27 bits per heavy atom. The van der Waals surface area contributed by atoms with Crippen LogP contribution in [0.5, 0.6) is 0 Å². The molecule has 4 nitrogen and oxygen atoms in total. The predicted molar refractivity (Wildman–Crippen MR) is 90.1 cm³/mol. The monoisotopic (exact) mass is 320 g/mol. The number of rotatable bonds is 7. The first kappa shape index (κ1) is 16.9. The maximum absolute atomic E-state index is 12.5. The molecule has 22 heavy (non-hydrogen) atoms. The van der Waals surface area contributed by atoms with Crippen LogP contribution in [0.4, 0.5) is 4.79 Å². The highest BCUT2D eigenvalue weighted by atomic mass is 32.2. The van der Waals surface area contributed by atoms with Gasteiger partial charge in [0, 0.05) is 10.8 Å². The molecule has 1 aliphatic rings. The second-order valence-electron chi connectivity index (χ2n) is 5.90. The topological polar surface area (TPSA) is 72.2 Å². The number of benzene rings is 1. The van der Waals surface area contributed by atoms with Crippen LogP contribution < -0.4 is 11.1 Å². The Hall–Kier alpha value is -1.49. The summed E-state index contributed by atoms with van der Waals surface area (Å²) in [5.41, 5.74) is 6.12. The zero-order chi connectivity index (χ0) is 15.9. The van der Waals surface area contributed by atoms with E-state index in [9.17, 15) is 9.59 Å². The normalized spacial score (nSPS) is 16.4. The first-order valence-corrected chi connectivity index (χ1v) is 9.02. The molecule has 1 aromatic rings. The number of Topliss-reactive ketones (excluding diaryl/α,β-unsaturated/α-hetero) is 1. The number of primary amides is 1. The smallest absolute Gasteiger partial charge is 0.312 e. The summed E-state index contributed by atoms with van der Waals surface area (Å²) in [5.74, 6) is 0.510. The second-order valence-corrected chi connectivity index (χ2v) is 6.78. The lowest BCUT2D eigenvalue weighted by Crippen LogP contribution is -2.36. The van der Waals surface area contributed by atoms with Gasteiger partial charge in [-0.15, -0.1) is 11.8 Å². The minimum atomic E-state index is -0.648. The van der Waals surface area contributed by atoms with Crippen molar-refractivity contribution in [3.05, 3.63) is 29.8 Å². The van der Waals surface area contributed by atoms with Gasteiger partial charge in [-0.3, -0.25) is 4.79 Å². The molecule has 0 aliphatic heterocycles. The van der Waals surface area contributed by atoms with E-state index in [2.05, 4.69) is 17.4 Å². The number of hydrogen-bond acceptors (Lipinski definition) is 3. The Labute approximate surface area is 136 Å². The van der Waals surface area contributed by atoms with E-state index < -0.39 is 6.03 Å². The minimum Gasteiger partial charge on any atom is -0.352 e. The average molecular weight is 320 g/mol. The fourth-order valence-corrected chi connectivity index (χ4v) is 3.57. The number of nitrogens with two attached hydrogens (primary N) is 1. The zero-order valence-corrected chi connectivity index (χ0v) is 13.8. The molecule has 0 bridgehead atoms. The van der Waals surface area contributed by atoms with Gasteiger partial charge in [0.1, 0.15) is 0 Å². The fraction of sp³-hybridized carbons (Fsp3) is 0.529. The van der Waals surface area contributed by atoms with Crippen molar-refractivity contribution in [3.8, 4) is 0 Å². The van der Waals surface area contributed by atoms with Crippen LogP contribution in [0.15, 0.2) is 29.2 Å². The molecular weight excluding hydrogens is 296 g/mol. The summed E-state index contributed by atoms with van der Waals surface area (Å²) in [6.07, 6.45) is 7.84. The predicted octanol–water partition coefficient (Wildman–Crippen LogP) is 3.31. The highest BCUT2D eigenvalue weighted by molar-refractivity contribution is 7.98. The van der Waals surface area contributed by atoms with E-state index in [1.54, 1.807) is 11.8 Å². The molecule has 1 aliphatic carbocycles. The van der Waals surface area contributed by atoms with Crippen LogP contribution in [0.1, 0.15) is 43.6 Å². The Morgan fingerprint density at radius 2 is 1.91 bits per heavy atom. The van der Waals surface area contributed by atoms with Crippen LogP contribution in [0.25, 0.3) is 0 Å². The van der Waals surface area contributed by atoms with Gasteiger partial charge in [-0.2, -0.15) is 0 Å². The zero-order valence-electron chi connectivity index (χ0n) is 13.0. The summed E-state index contributed by atoms with van der Waals surface area (Å²) in [7, 11) is 0. The van der Waals surface area contributed by atoms with Crippen LogP contribution in [0.3, 0.4) is 0 Å². The molecule has 120 valence electrons. The van der Waals surface area contributed by atoms with E-state index in [4.69, 9.17) is 5.73 Å². The van der Waals surface area contributed by atoms with Gasteiger partial charge in [-0.05, 0) is 36.3 Å². The van der Waals surface area contributed by atoms with Gasteiger partial charge in [-0.25, -0.2) is 4.79 Å². The number of thioether (sulfide) groups is 1. The highest BCUT2D eigenvalue weighted by Gasteiger charge is 2.26. The first-order valence-electron chi connectivity index (χ1n) is 7.80. The molecule has 1 atom stereocenters. The quantitative estimate of drug-likeness (QED) is 0.757. The lowest BCUT2D eigenvalue weighted by molar-refractivity contribution is -0.119. The third kappa shape index (κ3) is 4.77. The third-order valence-corrected chi connectivity index (χ3v) is 5.13. The summed E-state index contributed by atoms with van der Waals surface area (Å²) < 4.78 is 0. The van der Waals surface area contributed by atoms with Crippen molar-refractivity contribution >= 4 is 23.6 Å². The Balaban J connectivity index is 2.11. The van der Waals surface area contributed by atoms with E-state index in [0.29, 0.717) is 5.92 Å². The van der Waals surface area contributed by atoms with Gasteiger partial charge < -0.3 is 11.1 Å². The number of nitrogens with one attached hydrogen (secondary N) is 1.